The van der Waals surface area contributed by atoms with E-state index in [0.29, 0.717) is 6.54 Å². The molecular weight excluding hydrogens is 245 g/mol. The Morgan fingerprint density at radius 2 is 1.84 bits per heavy atom. The Hall–Kier alpha value is -1.62. The summed E-state index contributed by atoms with van der Waals surface area (Å²) >= 11 is 0. The summed E-state index contributed by atoms with van der Waals surface area (Å²) in [5.41, 5.74) is 1.10. The highest BCUT2D eigenvalue weighted by molar-refractivity contribution is 5.74. The summed E-state index contributed by atoms with van der Waals surface area (Å²) in [5, 5.41) is 2.81. The lowest BCUT2D eigenvalue weighted by Crippen LogP contribution is -2.51. The second-order valence-electron chi connectivity index (χ2n) is 4.73. The van der Waals surface area contributed by atoms with Crippen molar-refractivity contribution in [2.45, 2.75) is 13.5 Å². The standard InChI is InChI=1S/C14H20FN3O/c1-2-16-14(19)18-9-7-17(8-10-18)11-12-3-5-13(15)6-4-12/h3-6H,2,7-11H2,1H3,(H,16,19). The van der Waals surface area contributed by atoms with Crippen LogP contribution < -0.4 is 5.32 Å². The van der Waals surface area contributed by atoms with Gasteiger partial charge in [0.25, 0.3) is 0 Å². The van der Waals surface area contributed by atoms with Gasteiger partial charge in [-0.15, -0.1) is 0 Å². The van der Waals surface area contributed by atoms with Crippen LogP contribution in [0.25, 0.3) is 0 Å². The van der Waals surface area contributed by atoms with E-state index in [9.17, 15) is 9.18 Å². The second kappa shape index (κ2) is 6.52. The van der Waals surface area contributed by atoms with Crippen LogP contribution in [0.3, 0.4) is 0 Å². The maximum Gasteiger partial charge on any atom is 0.317 e. The number of carbonyl (C=O) groups excluding carboxylic acids is 1. The average Bonchev–Trinajstić information content (AvgIpc) is 2.42. The van der Waals surface area contributed by atoms with Crippen molar-refractivity contribution in [3.63, 3.8) is 0 Å². The summed E-state index contributed by atoms with van der Waals surface area (Å²) in [6, 6.07) is 6.61. The molecular formula is C14H20FN3O. The van der Waals surface area contributed by atoms with E-state index in [1.165, 1.54) is 12.1 Å². The summed E-state index contributed by atoms with van der Waals surface area (Å²) < 4.78 is 12.8. The van der Waals surface area contributed by atoms with Crippen LogP contribution >= 0.6 is 0 Å². The molecule has 104 valence electrons. The van der Waals surface area contributed by atoms with Gasteiger partial charge in [-0.05, 0) is 24.6 Å². The predicted molar refractivity (Wildman–Crippen MR) is 72.3 cm³/mol. The fourth-order valence-electron chi connectivity index (χ4n) is 2.22. The first kappa shape index (κ1) is 13.8. The highest BCUT2D eigenvalue weighted by Gasteiger charge is 2.20. The molecule has 0 atom stereocenters. The van der Waals surface area contributed by atoms with Gasteiger partial charge in [0.1, 0.15) is 5.82 Å². The molecule has 0 aromatic heterocycles. The molecule has 2 rings (SSSR count). The van der Waals surface area contributed by atoms with Gasteiger partial charge in [-0.1, -0.05) is 12.1 Å². The summed E-state index contributed by atoms with van der Waals surface area (Å²) in [5.74, 6) is -0.204. The minimum absolute atomic E-state index is 0.0175. The molecule has 1 fully saturated rings. The van der Waals surface area contributed by atoms with E-state index in [2.05, 4.69) is 10.2 Å². The van der Waals surface area contributed by atoms with Crippen molar-refractivity contribution in [3.05, 3.63) is 35.6 Å². The molecule has 1 saturated heterocycles. The van der Waals surface area contributed by atoms with E-state index in [0.717, 1.165) is 38.3 Å². The number of piperazine rings is 1. The number of amides is 2. The molecule has 0 radical (unpaired) electrons. The first-order valence-corrected chi connectivity index (χ1v) is 6.68. The Morgan fingerprint density at radius 1 is 1.21 bits per heavy atom. The summed E-state index contributed by atoms with van der Waals surface area (Å²) in [4.78, 5) is 15.8. The van der Waals surface area contributed by atoms with Crippen LogP contribution in [0.5, 0.6) is 0 Å². The normalized spacial score (nSPS) is 16.4. The van der Waals surface area contributed by atoms with Crippen LogP contribution in [0.2, 0.25) is 0 Å². The number of hydrogen-bond donors (Lipinski definition) is 1. The van der Waals surface area contributed by atoms with Crippen molar-refractivity contribution in [1.82, 2.24) is 15.1 Å². The van der Waals surface area contributed by atoms with E-state index in [1.54, 1.807) is 0 Å². The zero-order chi connectivity index (χ0) is 13.7. The molecule has 19 heavy (non-hydrogen) atoms. The van der Waals surface area contributed by atoms with Crippen LogP contribution in [0.4, 0.5) is 9.18 Å². The van der Waals surface area contributed by atoms with Gasteiger partial charge >= 0.3 is 6.03 Å². The lowest BCUT2D eigenvalue weighted by Gasteiger charge is -2.34. The van der Waals surface area contributed by atoms with E-state index < -0.39 is 0 Å². The average molecular weight is 265 g/mol. The second-order valence-corrected chi connectivity index (χ2v) is 4.73. The van der Waals surface area contributed by atoms with E-state index >= 15 is 0 Å². The Bertz CT molecular complexity index is 413. The van der Waals surface area contributed by atoms with E-state index in [4.69, 9.17) is 0 Å². The van der Waals surface area contributed by atoms with Crippen molar-refractivity contribution in [2.24, 2.45) is 0 Å². The monoisotopic (exact) mass is 265 g/mol. The van der Waals surface area contributed by atoms with Crippen LogP contribution in [-0.2, 0) is 6.54 Å². The molecule has 1 aliphatic heterocycles. The maximum absolute atomic E-state index is 12.8. The molecule has 2 amide bonds. The van der Waals surface area contributed by atoms with Gasteiger partial charge in [0.2, 0.25) is 0 Å². The van der Waals surface area contributed by atoms with Crippen LogP contribution in [-0.4, -0.2) is 48.6 Å². The maximum atomic E-state index is 12.8. The van der Waals surface area contributed by atoms with E-state index in [-0.39, 0.29) is 11.8 Å². The van der Waals surface area contributed by atoms with Gasteiger partial charge in [-0.3, -0.25) is 4.90 Å². The number of halogens is 1. The highest BCUT2D eigenvalue weighted by Crippen LogP contribution is 2.09. The van der Waals surface area contributed by atoms with Crippen molar-refractivity contribution in [2.75, 3.05) is 32.7 Å². The molecule has 1 aliphatic rings. The SMILES string of the molecule is CCNC(=O)N1CCN(Cc2ccc(F)cc2)CC1. The van der Waals surface area contributed by atoms with Gasteiger partial charge in [-0.25, -0.2) is 9.18 Å². The number of benzene rings is 1. The third kappa shape index (κ3) is 3.92. The molecule has 0 bridgehead atoms. The molecule has 1 aromatic carbocycles. The van der Waals surface area contributed by atoms with Gasteiger partial charge in [0, 0.05) is 39.3 Å². The number of nitrogens with zero attached hydrogens (tertiary/aromatic N) is 2. The minimum Gasteiger partial charge on any atom is -0.338 e. The van der Waals surface area contributed by atoms with Gasteiger partial charge in [-0.2, -0.15) is 0 Å². The van der Waals surface area contributed by atoms with Crippen molar-refractivity contribution in [3.8, 4) is 0 Å². The number of hydrogen-bond acceptors (Lipinski definition) is 2. The molecule has 0 saturated carbocycles. The highest BCUT2D eigenvalue weighted by atomic mass is 19.1. The minimum atomic E-state index is -0.204. The summed E-state index contributed by atoms with van der Waals surface area (Å²) in [6.45, 7) is 6.59. The lowest BCUT2D eigenvalue weighted by molar-refractivity contribution is 0.135. The van der Waals surface area contributed by atoms with Gasteiger partial charge < -0.3 is 10.2 Å². The summed E-state index contributed by atoms with van der Waals surface area (Å²) in [7, 11) is 0. The van der Waals surface area contributed by atoms with Crippen LogP contribution in [0.1, 0.15) is 12.5 Å². The fraction of sp³-hybridized carbons (Fsp3) is 0.500. The zero-order valence-corrected chi connectivity index (χ0v) is 11.2. The first-order chi connectivity index (χ1) is 9.19. The molecule has 0 aliphatic carbocycles. The zero-order valence-electron chi connectivity index (χ0n) is 11.2. The molecule has 0 spiro atoms. The van der Waals surface area contributed by atoms with Crippen LogP contribution in [0, 0.1) is 5.82 Å². The predicted octanol–water partition coefficient (Wildman–Crippen LogP) is 1.67. The number of carbonyl (C=O) groups is 1. The smallest absolute Gasteiger partial charge is 0.317 e. The van der Waals surface area contributed by atoms with Crippen molar-refractivity contribution >= 4 is 6.03 Å². The molecule has 4 nitrogen and oxygen atoms in total. The number of nitrogens with one attached hydrogen (secondary N) is 1. The lowest BCUT2D eigenvalue weighted by atomic mass is 10.2. The van der Waals surface area contributed by atoms with Crippen molar-refractivity contribution in [1.29, 1.82) is 0 Å². The Labute approximate surface area is 113 Å². The van der Waals surface area contributed by atoms with Crippen LogP contribution in [0.15, 0.2) is 24.3 Å². The van der Waals surface area contributed by atoms with Gasteiger partial charge in [0.15, 0.2) is 0 Å². The van der Waals surface area contributed by atoms with Crippen molar-refractivity contribution < 1.29 is 9.18 Å². The Morgan fingerprint density at radius 3 is 2.42 bits per heavy atom. The third-order valence-electron chi connectivity index (χ3n) is 3.31. The first-order valence-electron chi connectivity index (χ1n) is 6.68. The molecule has 0 unspecified atom stereocenters. The third-order valence-corrected chi connectivity index (χ3v) is 3.31. The Balaban J connectivity index is 1.80. The molecule has 1 N–H and O–H groups in total. The number of urea groups is 1. The van der Waals surface area contributed by atoms with E-state index in [1.807, 2.05) is 24.0 Å². The molecule has 1 aromatic rings. The number of rotatable bonds is 3. The molecule has 1 heterocycles. The summed E-state index contributed by atoms with van der Waals surface area (Å²) in [6.07, 6.45) is 0. The Kier molecular flexibility index (Phi) is 4.74. The topological polar surface area (TPSA) is 35.6 Å². The van der Waals surface area contributed by atoms with Gasteiger partial charge in [0.05, 0.1) is 0 Å². The fourth-order valence-corrected chi connectivity index (χ4v) is 2.22. The quantitative estimate of drug-likeness (QED) is 0.902. The largest absolute Gasteiger partial charge is 0.338 e. The molecule has 5 heteroatoms.